The quantitative estimate of drug-likeness (QED) is 0.250. The number of halogens is 1. The lowest BCUT2D eigenvalue weighted by Gasteiger charge is -2.27. The van der Waals surface area contributed by atoms with Gasteiger partial charge in [-0.1, -0.05) is 24.3 Å². The van der Waals surface area contributed by atoms with Crippen LogP contribution in [0.4, 0.5) is 15.8 Å². The van der Waals surface area contributed by atoms with Gasteiger partial charge >= 0.3 is 0 Å². The molecule has 1 unspecified atom stereocenters. The molecule has 4 heterocycles. The van der Waals surface area contributed by atoms with Crippen molar-refractivity contribution in [3.05, 3.63) is 88.4 Å². The number of anilines is 2. The van der Waals surface area contributed by atoms with E-state index in [2.05, 4.69) is 30.9 Å². The van der Waals surface area contributed by atoms with Crippen molar-refractivity contribution in [2.45, 2.75) is 19.9 Å². The number of carbonyl (C=O) groups excluding carboxylic acids is 1. The van der Waals surface area contributed by atoms with Crippen molar-refractivity contribution >= 4 is 34.7 Å². The first kappa shape index (κ1) is 24.1. The van der Waals surface area contributed by atoms with Crippen LogP contribution in [-0.2, 0) is 4.79 Å². The third kappa shape index (κ3) is 5.56. The van der Waals surface area contributed by atoms with Gasteiger partial charge in [-0.25, -0.2) is 15.4 Å². The monoisotopic (exact) mass is 489 g/mol. The first-order valence-corrected chi connectivity index (χ1v) is 11.7. The Morgan fingerprint density at radius 2 is 1.91 bits per heavy atom. The maximum absolute atomic E-state index is 13.6. The molecule has 35 heavy (non-hydrogen) atoms. The summed E-state index contributed by atoms with van der Waals surface area (Å²) in [5.74, 6) is -0.537. The molecule has 178 valence electrons. The molecule has 0 saturated heterocycles. The lowest BCUT2D eigenvalue weighted by atomic mass is 10.0. The van der Waals surface area contributed by atoms with Crippen LogP contribution in [0.1, 0.15) is 16.7 Å². The molecule has 0 bridgehead atoms. The number of aryl methyl sites for hydroxylation is 1. The molecule has 0 saturated carbocycles. The molecular formula is C25H24FN7OS. The molecule has 1 aromatic carbocycles. The Kier molecular flexibility index (Phi) is 7.54. The second kappa shape index (κ2) is 10.9. The summed E-state index contributed by atoms with van der Waals surface area (Å²) < 4.78 is 13.6. The number of aldehydes is 1. The van der Waals surface area contributed by atoms with E-state index >= 15 is 0 Å². The molecule has 8 nitrogen and oxygen atoms in total. The van der Waals surface area contributed by atoms with E-state index in [0.717, 1.165) is 28.9 Å². The van der Waals surface area contributed by atoms with Crippen LogP contribution < -0.4 is 15.9 Å². The van der Waals surface area contributed by atoms with Gasteiger partial charge in [0, 0.05) is 35.9 Å². The molecule has 10 heteroatoms. The number of hydrogen-bond donors (Lipinski definition) is 2. The Hall–Kier alpha value is -4.02. The van der Waals surface area contributed by atoms with Crippen molar-refractivity contribution in [1.29, 1.82) is 0 Å². The maximum Gasteiger partial charge on any atom is 0.217 e. The Bertz CT molecular complexity index is 1330. The van der Waals surface area contributed by atoms with Crippen LogP contribution in [-0.4, -0.2) is 40.0 Å². The Morgan fingerprint density at radius 3 is 2.63 bits per heavy atom. The molecule has 0 aliphatic carbocycles. The molecule has 3 aromatic heterocycles. The molecule has 0 spiro atoms. The van der Waals surface area contributed by atoms with Crippen LogP contribution in [0.25, 0.3) is 11.4 Å². The SMILES string of the molecule is Cc1c(N(C)/N=C2/c3ccccc3NNC2C=O)ccnc1F.Cc1ccc(-c2cscn2)nc1. The molecule has 2 N–H and O–H groups in total. The summed E-state index contributed by atoms with van der Waals surface area (Å²) in [6, 6.07) is 12.6. The molecule has 0 amide bonds. The van der Waals surface area contributed by atoms with Crippen LogP contribution in [0, 0.1) is 19.8 Å². The normalized spacial score (nSPS) is 15.4. The number of fused-ring (bicyclic) bond motifs is 1. The summed E-state index contributed by atoms with van der Waals surface area (Å²) in [6.45, 7) is 3.66. The third-order valence-electron chi connectivity index (χ3n) is 5.32. The summed E-state index contributed by atoms with van der Waals surface area (Å²) >= 11 is 1.59. The van der Waals surface area contributed by atoms with Gasteiger partial charge in [-0.3, -0.25) is 9.99 Å². The van der Waals surface area contributed by atoms with Crippen molar-refractivity contribution < 1.29 is 9.18 Å². The Labute approximate surface area is 206 Å². The highest BCUT2D eigenvalue weighted by Crippen LogP contribution is 2.24. The first-order valence-electron chi connectivity index (χ1n) is 10.8. The predicted molar refractivity (Wildman–Crippen MR) is 137 cm³/mol. The van der Waals surface area contributed by atoms with Gasteiger partial charge in [-0.05, 0) is 37.6 Å². The lowest BCUT2D eigenvalue weighted by Crippen LogP contribution is -2.47. The standard InChI is InChI=1S/C16H16FN5O.C9H8N2S/c1-10-14(7-8-18-16(10)17)22(2)21-15-11-5-3-4-6-12(11)19-20-13(15)9-23;1-7-2-3-8(10-4-7)9-5-12-6-11-9/h3-9,13,19-20H,1-2H3;2-6H,1H3/b21-15-;. The van der Waals surface area contributed by atoms with Gasteiger partial charge < -0.3 is 10.2 Å². The number of nitrogens with one attached hydrogen (secondary N) is 2. The summed E-state index contributed by atoms with van der Waals surface area (Å²) in [5.41, 5.74) is 14.0. The number of nitrogens with zero attached hydrogens (tertiary/aromatic N) is 5. The lowest BCUT2D eigenvalue weighted by molar-refractivity contribution is -0.108. The topological polar surface area (TPSA) is 95.4 Å². The van der Waals surface area contributed by atoms with Crippen LogP contribution in [0.2, 0.25) is 0 Å². The smallest absolute Gasteiger partial charge is 0.217 e. The van der Waals surface area contributed by atoms with Gasteiger partial charge in [-0.2, -0.15) is 9.49 Å². The second-order valence-corrected chi connectivity index (χ2v) is 8.50. The van der Waals surface area contributed by atoms with Gasteiger partial charge in [0.25, 0.3) is 0 Å². The zero-order valence-electron chi connectivity index (χ0n) is 19.4. The summed E-state index contributed by atoms with van der Waals surface area (Å²) in [4.78, 5) is 23.4. The summed E-state index contributed by atoms with van der Waals surface area (Å²) in [7, 11) is 1.71. The van der Waals surface area contributed by atoms with Crippen LogP contribution in [0.15, 0.2) is 70.9 Å². The fraction of sp³-hybridized carbons (Fsp3) is 0.160. The molecule has 1 atom stereocenters. The minimum atomic E-state index is -0.598. The van der Waals surface area contributed by atoms with E-state index in [4.69, 9.17) is 0 Å². The van der Waals surface area contributed by atoms with Crippen molar-refractivity contribution in [2.24, 2.45) is 5.10 Å². The number of rotatable bonds is 4. The van der Waals surface area contributed by atoms with Crippen molar-refractivity contribution in [3.63, 3.8) is 0 Å². The van der Waals surface area contributed by atoms with E-state index in [1.54, 1.807) is 36.4 Å². The van der Waals surface area contributed by atoms with Gasteiger partial charge in [0.15, 0.2) is 0 Å². The van der Waals surface area contributed by atoms with E-state index in [9.17, 15) is 9.18 Å². The molecule has 0 radical (unpaired) electrons. The maximum atomic E-state index is 13.6. The molecule has 1 aliphatic heterocycles. The Balaban J connectivity index is 0.000000201. The number of hydrazine groups is 1. The molecule has 0 fully saturated rings. The van der Waals surface area contributed by atoms with E-state index in [1.165, 1.54) is 11.8 Å². The third-order valence-corrected chi connectivity index (χ3v) is 5.91. The van der Waals surface area contributed by atoms with Gasteiger partial charge in [0.1, 0.15) is 12.3 Å². The highest BCUT2D eigenvalue weighted by Gasteiger charge is 2.25. The number of pyridine rings is 2. The number of benzene rings is 1. The minimum absolute atomic E-state index is 0.400. The van der Waals surface area contributed by atoms with Gasteiger partial charge in [0.2, 0.25) is 5.95 Å². The van der Waals surface area contributed by atoms with Crippen molar-refractivity contribution in [1.82, 2.24) is 20.4 Å². The fourth-order valence-electron chi connectivity index (χ4n) is 3.45. The van der Waals surface area contributed by atoms with E-state index < -0.39 is 12.0 Å². The average Bonchev–Trinajstić information content (AvgIpc) is 3.42. The van der Waals surface area contributed by atoms with E-state index in [0.29, 0.717) is 17.0 Å². The number of carbonyl (C=O) groups is 1. The minimum Gasteiger partial charge on any atom is -0.320 e. The number of thiazole rings is 1. The van der Waals surface area contributed by atoms with Gasteiger partial charge in [-0.15, -0.1) is 11.3 Å². The number of hydrogen-bond acceptors (Lipinski definition) is 9. The summed E-state index contributed by atoms with van der Waals surface area (Å²) in [6.07, 6.45) is 4.02. The number of hydrazone groups is 1. The highest BCUT2D eigenvalue weighted by molar-refractivity contribution is 7.07. The fourth-order valence-corrected chi connectivity index (χ4v) is 3.99. The number of para-hydroxylation sites is 1. The van der Waals surface area contributed by atoms with Crippen molar-refractivity contribution in [3.8, 4) is 11.4 Å². The van der Waals surface area contributed by atoms with Crippen LogP contribution in [0.5, 0.6) is 0 Å². The highest BCUT2D eigenvalue weighted by atomic mass is 32.1. The largest absolute Gasteiger partial charge is 0.320 e. The molecular weight excluding hydrogens is 465 g/mol. The van der Waals surface area contributed by atoms with E-state index in [1.807, 2.05) is 60.4 Å². The van der Waals surface area contributed by atoms with Crippen molar-refractivity contribution in [2.75, 3.05) is 17.5 Å². The number of aromatic nitrogens is 3. The zero-order chi connectivity index (χ0) is 24.8. The Morgan fingerprint density at radius 1 is 1.09 bits per heavy atom. The molecule has 5 rings (SSSR count). The second-order valence-electron chi connectivity index (χ2n) is 7.78. The zero-order valence-corrected chi connectivity index (χ0v) is 20.3. The van der Waals surface area contributed by atoms with Crippen LogP contribution in [0.3, 0.4) is 0 Å². The van der Waals surface area contributed by atoms with E-state index in [-0.39, 0.29) is 0 Å². The average molecular weight is 490 g/mol. The van der Waals surface area contributed by atoms with Crippen LogP contribution >= 0.6 is 11.3 Å². The van der Waals surface area contributed by atoms with Gasteiger partial charge in [0.05, 0.1) is 34.0 Å². The summed E-state index contributed by atoms with van der Waals surface area (Å²) in [5, 5.41) is 8.07. The predicted octanol–water partition coefficient (Wildman–Crippen LogP) is 4.38. The first-order chi connectivity index (χ1) is 17.0. The molecule has 1 aliphatic rings. The molecule has 4 aromatic rings.